The first-order valence-electron chi connectivity index (χ1n) is 11.3. The molecule has 184 valence electrons. The standard InChI is InChI=1S/C6H14O2.2C6H14O.C6H14.CH4/c1-4-6(8-3)5-7-2;1-4-6(2)5-7-3;1-4-6(5-2)7-3;1-4-6(3)5-2;/h6H,4-5H2,1-3H3;2*6H,4-5H2,1-3H3;6H,4-5H2,1-3H3;1H4. The fraction of sp³-hybridized carbons (Fsp3) is 1.00. The van der Waals surface area contributed by atoms with Gasteiger partial charge in [0.1, 0.15) is 0 Å². The van der Waals surface area contributed by atoms with Crippen LogP contribution in [-0.2, 0) is 18.9 Å². The van der Waals surface area contributed by atoms with E-state index >= 15 is 0 Å². The number of hydrogen-bond donors (Lipinski definition) is 0. The lowest BCUT2D eigenvalue weighted by molar-refractivity contribution is 0.0265. The quantitative estimate of drug-likeness (QED) is 0.322. The first kappa shape index (κ1) is 39.3. The van der Waals surface area contributed by atoms with E-state index in [2.05, 4.69) is 55.4 Å². The van der Waals surface area contributed by atoms with Crippen molar-refractivity contribution >= 4 is 0 Å². The minimum absolute atomic E-state index is 0. The summed E-state index contributed by atoms with van der Waals surface area (Å²) < 4.78 is 19.8. The van der Waals surface area contributed by atoms with E-state index in [1.54, 1.807) is 28.4 Å². The molecule has 0 aromatic rings. The van der Waals surface area contributed by atoms with Crippen LogP contribution < -0.4 is 0 Å². The second kappa shape index (κ2) is 35.3. The second-order valence-corrected chi connectivity index (χ2v) is 7.29. The predicted molar refractivity (Wildman–Crippen MR) is 132 cm³/mol. The van der Waals surface area contributed by atoms with E-state index in [1.165, 1.54) is 19.3 Å². The lowest BCUT2D eigenvalue weighted by Crippen LogP contribution is -2.15. The third kappa shape index (κ3) is 39.0. The highest BCUT2D eigenvalue weighted by molar-refractivity contribution is 4.49. The maximum absolute atomic E-state index is 5.05. The van der Waals surface area contributed by atoms with Gasteiger partial charge < -0.3 is 18.9 Å². The van der Waals surface area contributed by atoms with Gasteiger partial charge >= 0.3 is 0 Å². The molecule has 0 radical (unpaired) electrons. The molecule has 0 rings (SSSR count). The van der Waals surface area contributed by atoms with Gasteiger partial charge in [-0.1, -0.05) is 82.1 Å². The van der Waals surface area contributed by atoms with E-state index in [1.807, 2.05) is 0 Å². The van der Waals surface area contributed by atoms with Crippen LogP contribution in [0, 0.1) is 11.8 Å². The van der Waals surface area contributed by atoms with Gasteiger partial charge in [0.05, 0.1) is 18.8 Å². The van der Waals surface area contributed by atoms with Crippen LogP contribution in [0.15, 0.2) is 0 Å². The van der Waals surface area contributed by atoms with Crippen molar-refractivity contribution in [1.82, 2.24) is 0 Å². The molecule has 4 heteroatoms. The Morgan fingerprint density at radius 3 is 0.897 bits per heavy atom. The van der Waals surface area contributed by atoms with Gasteiger partial charge in [-0.2, -0.15) is 0 Å². The zero-order valence-corrected chi connectivity index (χ0v) is 21.6. The molecule has 0 aliphatic rings. The van der Waals surface area contributed by atoms with Crippen LogP contribution in [0.2, 0.25) is 0 Å². The maximum Gasteiger partial charge on any atom is 0.0801 e. The van der Waals surface area contributed by atoms with Crippen LogP contribution in [0.5, 0.6) is 0 Å². The minimum atomic E-state index is 0. The Balaban J connectivity index is -0.0000000877. The van der Waals surface area contributed by atoms with E-state index in [0.29, 0.717) is 12.7 Å². The van der Waals surface area contributed by atoms with Gasteiger partial charge in [0.15, 0.2) is 0 Å². The Hall–Kier alpha value is -0.160. The summed E-state index contributed by atoms with van der Waals surface area (Å²) in [6, 6.07) is 0. The lowest BCUT2D eigenvalue weighted by Gasteiger charge is -2.09. The summed E-state index contributed by atoms with van der Waals surface area (Å²) in [6.07, 6.45) is 7.92. The van der Waals surface area contributed by atoms with E-state index in [4.69, 9.17) is 18.9 Å². The SMILES string of the molecule is C.CCC(C)CC.CCC(C)COC.CCC(CC)OC.CCC(COC)OC. The lowest BCUT2D eigenvalue weighted by atomic mass is 10.1. The van der Waals surface area contributed by atoms with Crippen molar-refractivity contribution in [2.45, 2.75) is 114 Å². The highest BCUT2D eigenvalue weighted by atomic mass is 16.5. The van der Waals surface area contributed by atoms with Crippen molar-refractivity contribution in [2.24, 2.45) is 11.8 Å². The zero-order chi connectivity index (χ0) is 22.8. The van der Waals surface area contributed by atoms with Crippen LogP contribution in [0.3, 0.4) is 0 Å². The molecule has 0 saturated carbocycles. The van der Waals surface area contributed by atoms with Gasteiger partial charge in [0, 0.05) is 35.0 Å². The summed E-state index contributed by atoms with van der Waals surface area (Å²) in [6.45, 7) is 19.0. The largest absolute Gasteiger partial charge is 0.384 e. The summed E-state index contributed by atoms with van der Waals surface area (Å²) in [5.41, 5.74) is 0. The molecule has 4 nitrogen and oxygen atoms in total. The highest BCUT2D eigenvalue weighted by Crippen LogP contribution is 2.03. The Morgan fingerprint density at radius 2 is 0.828 bits per heavy atom. The molecule has 2 unspecified atom stereocenters. The Morgan fingerprint density at radius 1 is 0.483 bits per heavy atom. The second-order valence-electron chi connectivity index (χ2n) is 7.29. The van der Waals surface area contributed by atoms with Crippen LogP contribution in [0.25, 0.3) is 0 Å². The van der Waals surface area contributed by atoms with Gasteiger partial charge in [-0.15, -0.1) is 0 Å². The molecule has 0 aliphatic carbocycles. The van der Waals surface area contributed by atoms with Crippen LogP contribution in [0.4, 0.5) is 0 Å². The van der Waals surface area contributed by atoms with Crippen LogP contribution in [0.1, 0.15) is 101 Å². The number of hydrogen-bond acceptors (Lipinski definition) is 4. The molecule has 29 heavy (non-hydrogen) atoms. The number of methoxy groups -OCH3 is 4. The molecule has 0 aromatic heterocycles. The third-order valence-electron chi connectivity index (χ3n) is 4.93. The molecule has 0 fully saturated rings. The molecule has 0 heterocycles. The van der Waals surface area contributed by atoms with Gasteiger partial charge in [-0.05, 0) is 31.1 Å². The molecule has 0 N–H and O–H groups in total. The Bertz CT molecular complexity index is 219. The summed E-state index contributed by atoms with van der Waals surface area (Å²) in [5, 5.41) is 0. The first-order chi connectivity index (χ1) is 13.3. The fourth-order valence-electron chi connectivity index (χ4n) is 1.85. The molecule has 2 atom stereocenters. The zero-order valence-electron chi connectivity index (χ0n) is 21.6. The van der Waals surface area contributed by atoms with E-state index in [9.17, 15) is 0 Å². The van der Waals surface area contributed by atoms with Crippen molar-refractivity contribution in [2.75, 3.05) is 41.7 Å². The molecular formula is C25H60O4. The monoisotopic (exact) mass is 424 g/mol. The predicted octanol–water partition coefficient (Wildman–Crippen LogP) is 7.64. The van der Waals surface area contributed by atoms with Gasteiger partial charge in [-0.25, -0.2) is 0 Å². The highest BCUT2D eigenvalue weighted by Gasteiger charge is 2.00. The topological polar surface area (TPSA) is 36.9 Å². The summed E-state index contributed by atoms with van der Waals surface area (Å²) in [4.78, 5) is 0. The average Bonchev–Trinajstić information content (AvgIpc) is 2.74. The summed E-state index contributed by atoms with van der Waals surface area (Å²) in [5.74, 6) is 1.66. The molecule has 0 saturated heterocycles. The van der Waals surface area contributed by atoms with Crippen LogP contribution in [-0.4, -0.2) is 53.9 Å². The van der Waals surface area contributed by atoms with Gasteiger partial charge in [0.25, 0.3) is 0 Å². The molecular weight excluding hydrogens is 364 g/mol. The van der Waals surface area contributed by atoms with Crippen LogP contribution >= 0.6 is 0 Å². The first-order valence-corrected chi connectivity index (χ1v) is 11.3. The average molecular weight is 425 g/mol. The summed E-state index contributed by atoms with van der Waals surface area (Å²) >= 11 is 0. The van der Waals surface area contributed by atoms with Crippen molar-refractivity contribution in [3.8, 4) is 0 Å². The van der Waals surface area contributed by atoms with Crippen molar-refractivity contribution in [1.29, 1.82) is 0 Å². The molecule has 0 aliphatic heterocycles. The number of rotatable bonds is 12. The Labute approximate surface area is 186 Å². The van der Waals surface area contributed by atoms with E-state index in [-0.39, 0.29) is 13.5 Å². The molecule has 0 aromatic carbocycles. The fourth-order valence-corrected chi connectivity index (χ4v) is 1.85. The van der Waals surface area contributed by atoms with Gasteiger partial charge in [0.2, 0.25) is 0 Å². The smallest absolute Gasteiger partial charge is 0.0801 e. The molecule has 0 amide bonds. The van der Waals surface area contributed by atoms with E-state index < -0.39 is 0 Å². The van der Waals surface area contributed by atoms with Crippen molar-refractivity contribution in [3.05, 3.63) is 0 Å². The molecule has 0 spiro atoms. The normalized spacial score (nSPS) is 11.8. The van der Waals surface area contributed by atoms with Gasteiger partial charge in [-0.3, -0.25) is 0 Å². The molecule has 0 bridgehead atoms. The van der Waals surface area contributed by atoms with Crippen molar-refractivity contribution < 1.29 is 18.9 Å². The summed E-state index contributed by atoms with van der Waals surface area (Å²) in [7, 11) is 6.89. The third-order valence-corrected chi connectivity index (χ3v) is 4.93. The Kier molecular flexibility index (Phi) is 47.9. The van der Waals surface area contributed by atoms with E-state index in [0.717, 1.165) is 37.7 Å². The van der Waals surface area contributed by atoms with Crippen molar-refractivity contribution in [3.63, 3.8) is 0 Å². The minimum Gasteiger partial charge on any atom is -0.384 e. The number of ether oxygens (including phenoxy) is 4. The maximum atomic E-state index is 5.05.